The Morgan fingerprint density at radius 3 is 2.34 bits per heavy atom. The molecule has 3 aliphatic rings. The van der Waals surface area contributed by atoms with Crippen LogP contribution in [0.15, 0.2) is 54.2 Å². The summed E-state index contributed by atoms with van der Waals surface area (Å²) in [6.07, 6.45) is 6.06. The molecule has 0 bridgehead atoms. The van der Waals surface area contributed by atoms with E-state index in [0.29, 0.717) is 17.8 Å². The van der Waals surface area contributed by atoms with Crippen molar-refractivity contribution in [3.05, 3.63) is 65.4 Å². The number of anilines is 1. The number of carbonyl (C=O) groups excluding carboxylic acids is 2. The first-order valence-electron chi connectivity index (χ1n) is 11.8. The van der Waals surface area contributed by atoms with Crippen molar-refractivity contribution in [2.75, 3.05) is 11.4 Å². The third-order valence-electron chi connectivity index (χ3n) is 6.70. The quantitative estimate of drug-likeness (QED) is 0.630. The van der Waals surface area contributed by atoms with Crippen LogP contribution in [-0.4, -0.2) is 35.4 Å². The Labute approximate surface area is 189 Å². The zero-order chi connectivity index (χ0) is 22.2. The molecule has 2 amide bonds. The highest BCUT2D eigenvalue weighted by Crippen LogP contribution is 2.40. The molecule has 0 aromatic heterocycles. The van der Waals surface area contributed by atoms with Crippen molar-refractivity contribution in [1.82, 2.24) is 4.90 Å². The molecule has 32 heavy (non-hydrogen) atoms. The van der Waals surface area contributed by atoms with Gasteiger partial charge in [-0.05, 0) is 62.4 Å². The monoisotopic (exact) mass is 430 g/mol. The molecule has 0 saturated heterocycles. The van der Waals surface area contributed by atoms with E-state index in [9.17, 15) is 9.59 Å². The number of rotatable bonds is 5. The number of carbonyl (C=O) groups is 2. The van der Waals surface area contributed by atoms with Crippen molar-refractivity contribution in [1.29, 1.82) is 0 Å². The van der Waals surface area contributed by atoms with Gasteiger partial charge in [-0.25, -0.2) is 0 Å². The number of hydrogen-bond acceptors (Lipinski definition) is 4. The molecular weight excluding hydrogens is 400 g/mol. The highest BCUT2D eigenvalue weighted by Gasteiger charge is 2.46. The fraction of sp³-hybridized carbons (Fsp3) is 0.407. The van der Waals surface area contributed by atoms with Crippen molar-refractivity contribution in [2.45, 2.75) is 64.5 Å². The highest BCUT2D eigenvalue weighted by atomic mass is 16.5. The lowest BCUT2D eigenvalue weighted by atomic mass is 9.94. The van der Waals surface area contributed by atoms with Crippen LogP contribution >= 0.6 is 0 Å². The Morgan fingerprint density at radius 1 is 0.906 bits per heavy atom. The minimum Gasteiger partial charge on any atom is -0.491 e. The molecule has 0 atom stereocenters. The lowest BCUT2D eigenvalue weighted by Gasteiger charge is -2.30. The molecule has 5 nitrogen and oxygen atoms in total. The first-order chi connectivity index (χ1) is 15.5. The van der Waals surface area contributed by atoms with E-state index in [1.807, 2.05) is 56.3 Å². The molecule has 166 valence electrons. The SMILES string of the molecule is CC(C)Oc1ccc(C2=C(N3CCc4ccccc43)C(=O)N(C3CCCCC3)C2=O)cc1. The van der Waals surface area contributed by atoms with Crippen LogP contribution < -0.4 is 9.64 Å². The van der Waals surface area contributed by atoms with Crippen LogP contribution in [0.4, 0.5) is 5.69 Å². The fourth-order valence-corrected chi connectivity index (χ4v) is 5.26. The summed E-state index contributed by atoms with van der Waals surface area (Å²) < 4.78 is 5.78. The van der Waals surface area contributed by atoms with Gasteiger partial charge < -0.3 is 9.64 Å². The molecule has 2 aromatic carbocycles. The number of hydrogen-bond donors (Lipinski definition) is 0. The van der Waals surface area contributed by atoms with Gasteiger partial charge >= 0.3 is 0 Å². The van der Waals surface area contributed by atoms with E-state index in [4.69, 9.17) is 4.74 Å². The molecule has 2 heterocycles. The Kier molecular flexibility index (Phi) is 5.50. The van der Waals surface area contributed by atoms with Gasteiger partial charge in [-0.3, -0.25) is 14.5 Å². The molecule has 5 heteroatoms. The average Bonchev–Trinajstić information content (AvgIpc) is 3.32. The maximum Gasteiger partial charge on any atom is 0.278 e. The molecule has 0 spiro atoms. The third-order valence-corrected chi connectivity index (χ3v) is 6.70. The van der Waals surface area contributed by atoms with Crippen LogP contribution in [0.25, 0.3) is 5.57 Å². The summed E-state index contributed by atoms with van der Waals surface area (Å²) >= 11 is 0. The van der Waals surface area contributed by atoms with Crippen molar-refractivity contribution < 1.29 is 14.3 Å². The van der Waals surface area contributed by atoms with Gasteiger partial charge in [0.1, 0.15) is 11.4 Å². The summed E-state index contributed by atoms with van der Waals surface area (Å²) in [6, 6.07) is 15.8. The second-order valence-corrected chi connectivity index (χ2v) is 9.22. The number of imide groups is 1. The van der Waals surface area contributed by atoms with E-state index in [1.54, 1.807) is 4.90 Å². The first-order valence-corrected chi connectivity index (χ1v) is 11.8. The standard InChI is InChI=1S/C27H30N2O3/c1-18(2)32-22-14-12-20(13-15-22)24-25(28-17-16-19-8-6-7-11-23(19)28)27(31)29(26(24)30)21-9-4-3-5-10-21/h6-8,11-15,18,21H,3-5,9-10,16-17H2,1-2H3. The lowest BCUT2D eigenvalue weighted by Crippen LogP contribution is -2.43. The van der Waals surface area contributed by atoms with Gasteiger partial charge in [0.25, 0.3) is 11.8 Å². The van der Waals surface area contributed by atoms with E-state index in [0.717, 1.165) is 49.1 Å². The summed E-state index contributed by atoms with van der Waals surface area (Å²) in [5.41, 5.74) is 4.08. The molecular formula is C27H30N2O3. The maximum atomic E-state index is 13.8. The Morgan fingerprint density at radius 2 is 1.62 bits per heavy atom. The molecule has 1 saturated carbocycles. The third kappa shape index (κ3) is 3.60. The second kappa shape index (κ2) is 8.45. The Balaban J connectivity index is 1.58. The molecule has 0 radical (unpaired) electrons. The minimum absolute atomic E-state index is 0.00218. The number of nitrogens with zero attached hydrogens (tertiary/aromatic N) is 2. The summed E-state index contributed by atoms with van der Waals surface area (Å²) in [5, 5.41) is 0. The van der Waals surface area contributed by atoms with Crippen molar-refractivity contribution in [2.24, 2.45) is 0 Å². The Bertz CT molecular complexity index is 1060. The zero-order valence-corrected chi connectivity index (χ0v) is 18.8. The molecule has 2 aromatic rings. The molecule has 1 aliphatic carbocycles. The molecule has 5 rings (SSSR count). The predicted molar refractivity (Wildman–Crippen MR) is 125 cm³/mol. The van der Waals surface area contributed by atoms with Crippen LogP contribution in [0.3, 0.4) is 0 Å². The van der Waals surface area contributed by atoms with Gasteiger partial charge in [0.15, 0.2) is 0 Å². The van der Waals surface area contributed by atoms with Crippen molar-refractivity contribution in [3.8, 4) is 5.75 Å². The zero-order valence-electron chi connectivity index (χ0n) is 18.8. The lowest BCUT2D eigenvalue weighted by molar-refractivity contribution is -0.140. The van der Waals surface area contributed by atoms with Gasteiger partial charge in [0.05, 0.1) is 11.7 Å². The van der Waals surface area contributed by atoms with Crippen LogP contribution in [0.1, 0.15) is 57.1 Å². The van der Waals surface area contributed by atoms with Crippen LogP contribution in [0, 0.1) is 0 Å². The van der Waals surface area contributed by atoms with Crippen molar-refractivity contribution >= 4 is 23.1 Å². The van der Waals surface area contributed by atoms with Gasteiger partial charge in [0, 0.05) is 18.3 Å². The topological polar surface area (TPSA) is 49.9 Å². The average molecular weight is 431 g/mol. The van der Waals surface area contributed by atoms with E-state index < -0.39 is 0 Å². The van der Waals surface area contributed by atoms with Gasteiger partial charge in [-0.2, -0.15) is 0 Å². The van der Waals surface area contributed by atoms with Crippen molar-refractivity contribution in [3.63, 3.8) is 0 Å². The smallest absolute Gasteiger partial charge is 0.278 e. The normalized spacial score (nSPS) is 19.3. The van der Waals surface area contributed by atoms with Crippen LogP contribution in [0.2, 0.25) is 0 Å². The molecule has 0 unspecified atom stereocenters. The number of para-hydroxylation sites is 1. The van der Waals surface area contributed by atoms with Crippen LogP contribution in [0.5, 0.6) is 5.75 Å². The number of ether oxygens (including phenoxy) is 1. The number of benzene rings is 2. The summed E-state index contributed by atoms with van der Waals surface area (Å²) in [6.45, 7) is 4.69. The van der Waals surface area contributed by atoms with E-state index >= 15 is 0 Å². The highest BCUT2D eigenvalue weighted by molar-refractivity contribution is 6.37. The number of fused-ring (bicyclic) bond motifs is 1. The van der Waals surface area contributed by atoms with Gasteiger partial charge in [-0.1, -0.05) is 49.6 Å². The summed E-state index contributed by atoms with van der Waals surface area (Å²) in [4.78, 5) is 31.2. The first kappa shape index (κ1) is 20.8. The fourth-order valence-electron chi connectivity index (χ4n) is 5.26. The van der Waals surface area contributed by atoms with E-state index in [-0.39, 0.29) is 24.0 Å². The Hall–Kier alpha value is -3.08. The van der Waals surface area contributed by atoms with Crippen LogP contribution in [-0.2, 0) is 16.0 Å². The minimum atomic E-state index is -0.154. The molecule has 0 N–H and O–H groups in total. The summed E-state index contributed by atoms with van der Waals surface area (Å²) in [7, 11) is 0. The molecule has 2 aliphatic heterocycles. The maximum absolute atomic E-state index is 13.8. The van der Waals surface area contributed by atoms with E-state index in [2.05, 4.69) is 11.0 Å². The predicted octanol–water partition coefficient (Wildman–Crippen LogP) is 4.95. The van der Waals surface area contributed by atoms with E-state index in [1.165, 1.54) is 12.0 Å². The van der Waals surface area contributed by atoms with Gasteiger partial charge in [-0.15, -0.1) is 0 Å². The largest absolute Gasteiger partial charge is 0.491 e. The number of amides is 2. The van der Waals surface area contributed by atoms with Gasteiger partial charge in [0.2, 0.25) is 0 Å². The second-order valence-electron chi connectivity index (χ2n) is 9.22. The molecule has 1 fully saturated rings. The summed E-state index contributed by atoms with van der Waals surface area (Å²) in [5.74, 6) is 0.466.